The van der Waals surface area contributed by atoms with E-state index in [9.17, 15) is 24.6 Å². The Bertz CT molecular complexity index is 1060. The van der Waals surface area contributed by atoms with Gasteiger partial charge < -0.3 is 15.1 Å². The van der Waals surface area contributed by atoms with Crippen LogP contribution in [0, 0.1) is 0 Å². The number of amides is 3. The molecular formula is C26H32ClN3O5. The lowest BCUT2D eigenvalue weighted by Crippen LogP contribution is -2.50. The van der Waals surface area contributed by atoms with E-state index in [0.717, 1.165) is 17.5 Å². The van der Waals surface area contributed by atoms with Crippen molar-refractivity contribution in [3.63, 3.8) is 0 Å². The molecule has 3 amide bonds. The van der Waals surface area contributed by atoms with Crippen LogP contribution in [0.5, 0.6) is 0 Å². The number of carboxylic acid groups (broad SMARTS) is 1. The van der Waals surface area contributed by atoms with Crippen molar-refractivity contribution in [2.24, 2.45) is 0 Å². The second-order valence-corrected chi connectivity index (χ2v) is 9.35. The molecule has 1 fully saturated rings. The summed E-state index contributed by atoms with van der Waals surface area (Å²) in [6, 6.07) is 13.5. The third kappa shape index (κ3) is 6.60. The molecule has 0 unspecified atom stereocenters. The van der Waals surface area contributed by atoms with E-state index in [1.54, 1.807) is 43.3 Å². The maximum absolute atomic E-state index is 13.0. The molecule has 0 aromatic heterocycles. The van der Waals surface area contributed by atoms with Gasteiger partial charge in [-0.3, -0.25) is 19.8 Å². The zero-order valence-corrected chi connectivity index (χ0v) is 20.8. The highest BCUT2D eigenvalue weighted by atomic mass is 35.5. The van der Waals surface area contributed by atoms with Crippen molar-refractivity contribution in [2.75, 3.05) is 19.6 Å². The van der Waals surface area contributed by atoms with Crippen molar-refractivity contribution in [3.05, 3.63) is 70.2 Å². The van der Waals surface area contributed by atoms with Crippen LogP contribution >= 0.6 is 11.6 Å². The largest absolute Gasteiger partial charge is 0.465 e. The van der Waals surface area contributed by atoms with Crippen LogP contribution in [-0.2, 0) is 28.2 Å². The minimum absolute atomic E-state index is 0.355. The second-order valence-electron chi connectivity index (χ2n) is 8.91. The van der Waals surface area contributed by atoms with Crippen molar-refractivity contribution < 1.29 is 24.6 Å². The summed E-state index contributed by atoms with van der Waals surface area (Å²) in [6.45, 7) is 5.02. The van der Waals surface area contributed by atoms with Gasteiger partial charge in [0.2, 0.25) is 5.91 Å². The number of nitrogens with one attached hydrogen (secondary N) is 1. The average molecular weight is 502 g/mol. The van der Waals surface area contributed by atoms with Crippen LogP contribution in [0.1, 0.15) is 43.4 Å². The van der Waals surface area contributed by atoms with Crippen molar-refractivity contribution in [3.8, 4) is 0 Å². The highest BCUT2D eigenvalue weighted by Crippen LogP contribution is 2.25. The summed E-state index contributed by atoms with van der Waals surface area (Å²) in [4.78, 5) is 40.5. The van der Waals surface area contributed by atoms with Crippen LogP contribution in [0.25, 0.3) is 0 Å². The Morgan fingerprint density at radius 3 is 2.54 bits per heavy atom. The fourth-order valence-corrected chi connectivity index (χ4v) is 4.57. The highest BCUT2D eigenvalue weighted by molar-refractivity contribution is 6.30. The van der Waals surface area contributed by atoms with Gasteiger partial charge >= 0.3 is 6.09 Å². The molecule has 8 nitrogen and oxygen atoms in total. The van der Waals surface area contributed by atoms with Crippen LogP contribution in [0.3, 0.4) is 0 Å². The maximum atomic E-state index is 13.0. The lowest BCUT2D eigenvalue weighted by Gasteiger charge is -2.27. The van der Waals surface area contributed by atoms with Gasteiger partial charge in [-0.1, -0.05) is 48.0 Å². The minimum Gasteiger partial charge on any atom is -0.465 e. The van der Waals surface area contributed by atoms with Crippen LogP contribution in [0.2, 0.25) is 5.02 Å². The average Bonchev–Trinajstić information content (AvgIpc) is 3.29. The SMILES string of the molecule is CCN(CCc1ccc(Cl)cc1CN1CCC[C@H]1C(=O)NC(=O)[C@](C)(O)c1ccccc1)C(=O)O. The first kappa shape index (κ1) is 26.7. The number of likely N-dealkylation sites (N-methyl/N-ethyl adjacent to an activating group) is 1. The Morgan fingerprint density at radius 1 is 1.17 bits per heavy atom. The molecule has 0 spiro atoms. The minimum atomic E-state index is -1.84. The fraction of sp³-hybridized carbons (Fsp3) is 0.423. The van der Waals surface area contributed by atoms with Crippen LogP contribution < -0.4 is 5.32 Å². The standard InChI is InChI=1S/C26H32ClN3O5/c1-3-29(25(33)34)15-13-18-11-12-21(27)16-19(18)17-30-14-7-10-22(30)23(31)28-24(32)26(2,35)20-8-5-4-6-9-20/h4-6,8-9,11-12,16,22,35H,3,7,10,13-15,17H2,1-2H3,(H,33,34)(H,28,31,32)/t22-,26+/m0/s1. The van der Waals surface area contributed by atoms with E-state index in [4.69, 9.17) is 11.6 Å². The summed E-state index contributed by atoms with van der Waals surface area (Å²) in [5.74, 6) is -1.22. The molecule has 1 aliphatic heterocycles. The van der Waals surface area contributed by atoms with Crippen molar-refractivity contribution in [2.45, 2.75) is 51.3 Å². The topological polar surface area (TPSA) is 110 Å². The number of aliphatic hydroxyl groups is 1. The summed E-state index contributed by atoms with van der Waals surface area (Å²) in [5, 5.41) is 23.0. The quantitative estimate of drug-likeness (QED) is 0.486. The Labute approximate surface area is 210 Å². The van der Waals surface area contributed by atoms with Gasteiger partial charge in [0.05, 0.1) is 6.04 Å². The maximum Gasteiger partial charge on any atom is 0.407 e. The highest BCUT2D eigenvalue weighted by Gasteiger charge is 2.37. The summed E-state index contributed by atoms with van der Waals surface area (Å²) >= 11 is 6.24. The Balaban J connectivity index is 1.70. The number of imide groups is 1. The number of rotatable bonds is 9. The van der Waals surface area contributed by atoms with E-state index in [0.29, 0.717) is 49.6 Å². The van der Waals surface area contributed by atoms with Gasteiger partial charge in [0.25, 0.3) is 5.91 Å². The molecule has 2 atom stereocenters. The molecule has 3 rings (SSSR count). The summed E-state index contributed by atoms with van der Waals surface area (Å²) in [7, 11) is 0. The van der Waals surface area contributed by atoms with E-state index >= 15 is 0 Å². The first-order valence-corrected chi connectivity index (χ1v) is 12.1. The van der Waals surface area contributed by atoms with Gasteiger partial charge in [-0.25, -0.2) is 4.79 Å². The fourth-order valence-electron chi connectivity index (χ4n) is 4.37. The summed E-state index contributed by atoms with van der Waals surface area (Å²) < 4.78 is 0. The lowest BCUT2D eigenvalue weighted by atomic mass is 9.95. The molecule has 35 heavy (non-hydrogen) atoms. The molecule has 188 valence electrons. The molecule has 0 radical (unpaired) electrons. The number of benzene rings is 2. The molecule has 1 saturated heterocycles. The Hall–Kier alpha value is -2.94. The van der Waals surface area contributed by atoms with E-state index in [1.165, 1.54) is 11.8 Å². The number of hydrogen-bond acceptors (Lipinski definition) is 5. The normalized spacial score (nSPS) is 17.5. The van der Waals surface area contributed by atoms with Crippen molar-refractivity contribution in [1.29, 1.82) is 0 Å². The lowest BCUT2D eigenvalue weighted by molar-refractivity contribution is -0.144. The van der Waals surface area contributed by atoms with E-state index < -0.39 is 29.6 Å². The number of likely N-dealkylation sites (tertiary alicyclic amines) is 1. The molecule has 2 aromatic carbocycles. The zero-order valence-electron chi connectivity index (χ0n) is 20.0. The molecule has 2 aromatic rings. The zero-order chi connectivity index (χ0) is 25.6. The number of hydrogen-bond donors (Lipinski definition) is 3. The number of carbonyl (C=O) groups excluding carboxylic acids is 2. The first-order chi connectivity index (χ1) is 16.6. The number of nitrogens with zero attached hydrogens (tertiary/aromatic N) is 2. The second kappa shape index (κ2) is 11.7. The predicted octanol–water partition coefficient (Wildman–Crippen LogP) is 3.40. The van der Waals surface area contributed by atoms with Gasteiger partial charge in [0.15, 0.2) is 5.60 Å². The molecule has 1 heterocycles. The Morgan fingerprint density at radius 2 is 1.89 bits per heavy atom. The monoisotopic (exact) mass is 501 g/mol. The van der Waals surface area contributed by atoms with Gasteiger partial charge in [-0.05, 0) is 68.5 Å². The molecule has 0 saturated carbocycles. The van der Waals surface area contributed by atoms with Crippen molar-refractivity contribution >= 4 is 29.5 Å². The third-order valence-electron chi connectivity index (χ3n) is 6.53. The van der Waals surface area contributed by atoms with Gasteiger partial charge in [0, 0.05) is 24.7 Å². The summed E-state index contributed by atoms with van der Waals surface area (Å²) in [5.41, 5.74) is 0.444. The van der Waals surface area contributed by atoms with Gasteiger partial charge in [-0.15, -0.1) is 0 Å². The van der Waals surface area contributed by atoms with Crippen LogP contribution in [0.4, 0.5) is 4.79 Å². The smallest absolute Gasteiger partial charge is 0.407 e. The Kier molecular flexibility index (Phi) is 8.88. The van der Waals surface area contributed by atoms with E-state index in [-0.39, 0.29) is 0 Å². The summed E-state index contributed by atoms with van der Waals surface area (Å²) in [6.07, 6.45) is 0.941. The number of halogens is 1. The van der Waals surface area contributed by atoms with Gasteiger partial charge in [-0.2, -0.15) is 0 Å². The van der Waals surface area contributed by atoms with Crippen LogP contribution in [-0.4, -0.2) is 63.6 Å². The first-order valence-electron chi connectivity index (χ1n) is 11.8. The van der Waals surface area contributed by atoms with Crippen LogP contribution in [0.15, 0.2) is 48.5 Å². The number of carbonyl (C=O) groups is 3. The van der Waals surface area contributed by atoms with Crippen molar-refractivity contribution in [1.82, 2.24) is 15.1 Å². The van der Waals surface area contributed by atoms with E-state index in [2.05, 4.69) is 5.32 Å². The van der Waals surface area contributed by atoms with E-state index in [1.807, 2.05) is 17.0 Å². The molecule has 1 aliphatic rings. The molecule has 0 aliphatic carbocycles. The van der Waals surface area contributed by atoms with Gasteiger partial charge in [0.1, 0.15) is 0 Å². The molecule has 9 heteroatoms. The molecule has 0 bridgehead atoms. The predicted molar refractivity (Wildman–Crippen MR) is 133 cm³/mol. The molecular weight excluding hydrogens is 470 g/mol. The molecule has 3 N–H and O–H groups in total. The third-order valence-corrected chi connectivity index (χ3v) is 6.76.